The van der Waals surface area contributed by atoms with Gasteiger partial charge in [-0.3, -0.25) is 29.3 Å². The van der Waals surface area contributed by atoms with E-state index in [0.29, 0.717) is 43.9 Å². The fourth-order valence-corrected chi connectivity index (χ4v) is 7.11. The Bertz CT molecular complexity index is 2200. The van der Waals surface area contributed by atoms with Crippen LogP contribution in [0.5, 0.6) is 5.75 Å². The highest BCUT2D eigenvalue weighted by Gasteiger charge is 2.44. The van der Waals surface area contributed by atoms with Gasteiger partial charge in [-0.05, 0) is 75.4 Å². The Morgan fingerprint density at radius 3 is 2.09 bits per heavy atom. The second kappa shape index (κ2) is 30.8. The Labute approximate surface area is 411 Å². The number of nitrogens with one attached hydrogen (secondary N) is 4. The molecule has 1 aliphatic heterocycles. The predicted octanol–water partition coefficient (Wildman–Crippen LogP) is 4.74. The van der Waals surface area contributed by atoms with Gasteiger partial charge in [-0.2, -0.15) is 5.26 Å². The molecule has 0 bridgehead atoms. The molecule has 0 aromatic heterocycles. The summed E-state index contributed by atoms with van der Waals surface area (Å²) in [5.41, 5.74) is 5.90. The van der Waals surface area contributed by atoms with Crippen molar-refractivity contribution < 1.29 is 71.5 Å². The van der Waals surface area contributed by atoms with Crippen LogP contribution in [0.15, 0.2) is 53.9 Å². The van der Waals surface area contributed by atoms with Crippen LogP contribution in [0.1, 0.15) is 83.8 Å². The number of Topliss-reactive ketones (excluding diaryl/α,β-unsaturated/α-hetero) is 2. The number of nitriles is 1. The summed E-state index contributed by atoms with van der Waals surface area (Å²) >= 11 is 6.26. The number of hydrogen-bond donors (Lipinski definition) is 5. The third kappa shape index (κ3) is 19.8. The maximum atomic E-state index is 13.7. The van der Waals surface area contributed by atoms with Crippen LogP contribution in [0.25, 0.3) is 0 Å². The lowest BCUT2D eigenvalue weighted by Crippen LogP contribution is -2.45. The summed E-state index contributed by atoms with van der Waals surface area (Å²) in [5.74, 6) is -7.53. The molecule has 1 aliphatic rings. The number of nitrogens with two attached hydrogens (primary N) is 1. The Kier molecular flexibility index (Phi) is 25.4. The second-order valence-electron chi connectivity index (χ2n) is 16.1. The summed E-state index contributed by atoms with van der Waals surface area (Å²) in [5, 5.41) is 20.8. The topological polar surface area (TPSA) is 299 Å². The van der Waals surface area contributed by atoms with Gasteiger partial charge in [0.05, 0.1) is 70.9 Å². The van der Waals surface area contributed by atoms with Crippen LogP contribution in [0, 0.1) is 29.1 Å². The molecule has 3 rings (SSSR count). The van der Waals surface area contributed by atoms with E-state index in [1.54, 1.807) is 52.0 Å². The van der Waals surface area contributed by atoms with Crippen LogP contribution in [-0.4, -0.2) is 113 Å². The van der Waals surface area contributed by atoms with Gasteiger partial charge < -0.3 is 54.8 Å². The van der Waals surface area contributed by atoms with E-state index in [0.717, 1.165) is 0 Å². The number of carbonyl (C=O) groups excluding carboxylic acids is 8. The number of ether oxygens (including phenoxy) is 7. The third-order valence-electron chi connectivity index (χ3n) is 10.4. The number of fused-ring (bicyclic) bond motifs is 1. The van der Waals surface area contributed by atoms with Gasteiger partial charge in [0, 0.05) is 48.0 Å². The van der Waals surface area contributed by atoms with E-state index < -0.39 is 65.6 Å². The van der Waals surface area contributed by atoms with Crippen molar-refractivity contribution in [2.24, 2.45) is 23.5 Å². The van der Waals surface area contributed by atoms with Crippen LogP contribution in [0.4, 0.5) is 15.3 Å². The number of carbonyl (C=O) groups is 8. The highest BCUT2D eigenvalue weighted by molar-refractivity contribution is 6.30. The fourth-order valence-electron chi connectivity index (χ4n) is 6.93. The molecular formula is C48H63ClN6O15. The number of esters is 2. The van der Waals surface area contributed by atoms with Crippen molar-refractivity contribution in [2.45, 2.75) is 85.3 Å². The van der Waals surface area contributed by atoms with Gasteiger partial charge >= 0.3 is 24.1 Å². The van der Waals surface area contributed by atoms with E-state index >= 15 is 0 Å². The number of anilines is 1. The molecule has 70 heavy (non-hydrogen) atoms. The summed E-state index contributed by atoms with van der Waals surface area (Å²) in [6.07, 6.45) is -0.464. The van der Waals surface area contributed by atoms with Gasteiger partial charge in [0.2, 0.25) is 17.7 Å². The number of halogens is 1. The normalized spacial score (nSPS) is 14.1. The van der Waals surface area contributed by atoms with Crippen molar-refractivity contribution in [3.8, 4) is 11.8 Å². The molecular weight excluding hydrogens is 936 g/mol. The number of rotatable bonds is 31. The summed E-state index contributed by atoms with van der Waals surface area (Å²) in [4.78, 5) is 102. The number of amides is 5. The Hall–Kier alpha value is -6.60. The van der Waals surface area contributed by atoms with Crippen molar-refractivity contribution in [1.82, 2.24) is 16.0 Å². The smallest absolute Gasteiger partial charge is 0.414 e. The molecule has 0 aliphatic carbocycles. The number of benzene rings is 2. The van der Waals surface area contributed by atoms with Crippen LogP contribution in [0.3, 0.4) is 0 Å². The summed E-state index contributed by atoms with van der Waals surface area (Å²) in [6.45, 7) is 9.46. The Morgan fingerprint density at radius 2 is 1.49 bits per heavy atom. The molecule has 1 heterocycles. The van der Waals surface area contributed by atoms with Gasteiger partial charge in [0.25, 0.3) is 0 Å². The average Bonchev–Trinajstić information content (AvgIpc) is 3.30. The SMILES string of the molecule is CCOC(=O)C1=C(NC(=O)OCc2ccc(NC(=O)[C@H](CCCNC(N)=O)CC(=O)[C@@H](NC(=O)CCOCCOCCOCCC(C)=O)C(C)C)cc2)Oc2ccc(Cl)cc2C1C(C#N)C(=O)OCC. The molecule has 2 aromatic carbocycles. The quantitative estimate of drug-likeness (QED) is 0.0387. The zero-order chi connectivity index (χ0) is 51.6. The molecule has 22 heteroatoms. The van der Waals surface area contributed by atoms with Crippen molar-refractivity contribution in [2.75, 3.05) is 64.7 Å². The van der Waals surface area contributed by atoms with Crippen molar-refractivity contribution in [1.29, 1.82) is 5.26 Å². The number of alkyl carbamates (subject to hydrolysis) is 1. The first-order valence-electron chi connectivity index (χ1n) is 22.9. The first-order valence-corrected chi connectivity index (χ1v) is 23.2. The fraction of sp³-hybridized carbons (Fsp3) is 0.521. The van der Waals surface area contributed by atoms with Crippen LogP contribution < -0.4 is 31.7 Å². The second-order valence-corrected chi connectivity index (χ2v) is 16.5. The predicted molar refractivity (Wildman–Crippen MR) is 252 cm³/mol. The van der Waals surface area contributed by atoms with E-state index in [9.17, 15) is 43.6 Å². The third-order valence-corrected chi connectivity index (χ3v) is 10.6. The molecule has 21 nitrogen and oxygen atoms in total. The van der Waals surface area contributed by atoms with Crippen LogP contribution in [0.2, 0.25) is 5.02 Å². The van der Waals surface area contributed by atoms with Crippen molar-refractivity contribution >= 4 is 64.7 Å². The number of nitrogens with zero attached hydrogens (tertiary/aromatic N) is 1. The largest absolute Gasteiger partial charge is 0.465 e. The lowest BCUT2D eigenvalue weighted by Gasteiger charge is -2.31. The van der Waals surface area contributed by atoms with Crippen molar-refractivity contribution in [3.05, 3.63) is 70.1 Å². The first kappa shape index (κ1) is 57.7. The minimum atomic E-state index is -1.57. The molecule has 0 saturated heterocycles. The molecule has 2 unspecified atom stereocenters. The number of urea groups is 1. The molecule has 4 atom stereocenters. The highest BCUT2D eigenvalue weighted by Crippen LogP contribution is 2.45. The number of hydrogen-bond acceptors (Lipinski definition) is 16. The van der Waals surface area contributed by atoms with E-state index in [-0.39, 0.29) is 105 Å². The Balaban J connectivity index is 1.64. The minimum absolute atomic E-state index is 0.0181. The summed E-state index contributed by atoms with van der Waals surface area (Å²) in [7, 11) is 0. The van der Waals surface area contributed by atoms with E-state index in [4.69, 9.17) is 50.5 Å². The maximum absolute atomic E-state index is 13.7. The molecule has 6 N–H and O–H groups in total. The molecule has 382 valence electrons. The maximum Gasteiger partial charge on any atom is 0.414 e. The van der Waals surface area contributed by atoms with E-state index in [1.807, 2.05) is 6.07 Å². The van der Waals surface area contributed by atoms with Gasteiger partial charge in [0.1, 0.15) is 23.7 Å². The van der Waals surface area contributed by atoms with Crippen LogP contribution >= 0.6 is 11.6 Å². The van der Waals surface area contributed by atoms with Gasteiger partial charge in [-0.15, -0.1) is 0 Å². The molecule has 5 amide bonds. The standard InChI is InChI=1S/C48H63ClN6O15/c1-6-67-45(60)36(27-50)40-35-26-33(49)12-15-38(35)70-44(41(40)46(61)68-7-2)55-48(63)69-28-31-10-13-34(14-11-31)53-43(59)32(9-8-18-52-47(51)62)25-37(57)42(29(3)4)54-39(58)17-20-65-22-24-66-23-21-64-19-16-30(5)56/h10-15,26,29,32,36,40,42H,6-9,16-25,28H2,1-5H3,(H,53,59)(H,54,58)(H,55,63)(H3,51,52,62)/t32-,36?,40?,42+/m1/s1. The monoisotopic (exact) mass is 998 g/mol. The van der Waals surface area contributed by atoms with E-state index in [2.05, 4.69) is 21.3 Å². The summed E-state index contributed by atoms with van der Waals surface area (Å²) in [6, 6.07) is 10.9. The molecule has 0 spiro atoms. The van der Waals surface area contributed by atoms with Crippen LogP contribution in [-0.2, 0) is 63.8 Å². The first-order chi connectivity index (χ1) is 33.5. The zero-order valence-electron chi connectivity index (χ0n) is 40.1. The Morgan fingerprint density at radius 1 is 0.843 bits per heavy atom. The van der Waals surface area contributed by atoms with Gasteiger partial charge in [-0.25, -0.2) is 14.4 Å². The van der Waals surface area contributed by atoms with E-state index in [1.165, 1.54) is 25.1 Å². The van der Waals surface area contributed by atoms with Gasteiger partial charge in [-0.1, -0.05) is 37.6 Å². The molecule has 0 saturated carbocycles. The van der Waals surface area contributed by atoms with Gasteiger partial charge in [0.15, 0.2) is 11.7 Å². The van der Waals surface area contributed by atoms with Crippen molar-refractivity contribution in [3.63, 3.8) is 0 Å². The number of primary amides is 1. The molecule has 0 fully saturated rings. The lowest BCUT2D eigenvalue weighted by atomic mass is 9.79. The molecule has 2 aromatic rings. The summed E-state index contributed by atoms with van der Waals surface area (Å²) < 4.78 is 37.9. The number of ketones is 2. The average molecular weight is 1000 g/mol. The highest BCUT2D eigenvalue weighted by atomic mass is 35.5. The molecule has 0 radical (unpaired) electrons. The minimum Gasteiger partial charge on any atom is -0.465 e. The lowest BCUT2D eigenvalue weighted by molar-refractivity contribution is -0.147. The zero-order valence-corrected chi connectivity index (χ0v) is 40.8.